The van der Waals surface area contributed by atoms with Gasteiger partial charge in [-0.05, 0) is 50.4 Å². The molecule has 1 aliphatic carbocycles. The first-order valence-electron chi connectivity index (χ1n) is 7.82. The van der Waals surface area contributed by atoms with Crippen molar-refractivity contribution in [3.05, 3.63) is 0 Å². The van der Waals surface area contributed by atoms with Crippen LogP contribution in [0.3, 0.4) is 0 Å². The maximum Gasteiger partial charge on any atom is 0.0937 e. The molecule has 0 aromatic heterocycles. The van der Waals surface area contributed by atoms with Crippen molar-refractivity contribution < 1.29 is 9.84 Å². The molecule has 0 bridgehead atoms. The summed E-state index contributed by atoms with van der Waals surface area (Å²) in [6, 6.07) is 0. The van der Waals surface area contributed by atoms with Gasteiger partial charge in [-0.2, -0.15) is 0 Å². The molecule has 1 N–H and O–H groups in total. The Balaban J connectivity index is 2.74. The number of ether oxygens (including phenoxy) is 1. The molecule has 1 rings (SSSR count). The van der Waals surface area contributed by atoms with Gasteiger partial charge >= 0.3 is 0 Å². The van der Waals surface area contributed by atoms with E-state index in [0.29, 0.717) is 12.5 Å². The third kappa shape index (κ3) is 3.27. The lowest BCUT2D eigenvalue weighted by Crippen LogP contribution is -2.49. The van der Waals surface area contributed by atoms with Crippen molar-refractivity contribution >= 4 is 0 Å². The summed E-state index contributed by atoms with van der Waals surface area (Å²) in [4.78, 5) is 0. The third-order valence-corrected chi connectivity index (χ3v) is 5.25. The van der Waals surface area contributed by atoms with Gasteiger partial charge in [0.25, 0.3) is 0 Å². The fourth-order valence-electron chi connectivity index (χ4n) is 3.55. The van der Waals surface area contributed by atoms with Crippen LogP contribution in [0, 0.1) is 17.8 Å². The highest BCUT2D eigenvalue weighted by molar-refractivity contribution is 4.93. The molecule has 1 saturated carbocycles. The van der Waals surface area contributed by atoms with Gasteiger partial charge in [0.1, 0.15) is 0 Å². The van der Waals surface area contributed by atoms with E-state index in [4.69, 9.17) is 4.74 Å². The van der Waals surface area contributed by atoms with Gasteiger partial charge in [-0.1, -0.05) is 34.1 Å². The molecule has 108 valence electrons. The summed E-state index contributed by atoms with van der Waals surface area (Å²) in [5.74, 6) is 1.95. The quantitative estimate of drug-likeness (QED) is 0.778. The second kappa shape index (κ2) is 6.91. The summed E-state index contributed by atoms with van der Waals surface area (Å²) >= 11 is 0. The SMILES string of the molecule is CCOC(CC)(CC)C(O)C1CCC(C)C(C)C1. The molecule has 4 atom stereocenters. The summed E-state index contributed by atoms with van der Waals surface area (Å²) in [6.07, 6.45) is 5.05. The summed E-state index contributed by atoms with van der Waals surface area (Å²) in [5.41, 5.74) is -0.320. The normalized spacial score (nSPS) is 31.3. The van der Waals surface area contributed by atoms with E-state index in [1.54, 1.807) is 0 Å². The Morgan fingerprint density at radius 3 is 2.17 bits per heavy atom. The highest BCUT2D eigenvalue weighted by Crippen LogP contribution is 2.40. The Bertz CT molecular complexity index is 235. The molecule has 4 unspecified atom stereocenters. The predicted molar refractivity (Wildman–Crippen MR) is 76.6 cm³/mol. The minimum Gasteiger partial charge on any atom is -0.390 e. The molecule has 0 aliphatic heterocycles. The van der Waals surface area contributed by atoms with E-state index in [0.717, 1.165) is 37.5 Å². The van der Waals surface area contributed by atoms with Crippen LogP contribution in [0.25, 0.3) is 0 Å². The molecule has 0 aromatic carbocycles. The van der Waals surface area contributed by atoms with Crippen LogP contribution < -0.4 is 0 Å². The second-order valence-electron chi connectivity index (χ2n) is 6.18. The van der Waals surface area contributed by atoms with Crippen molar-refractivity contribution in [1.29, 1.82) is 0 Å². The number of aliphatic hydroxyl groups is 1. The summed E-state index contributed by atoms with van der Waals surface area (Å²) in [5, 5.41) is 10.8. The Morgan fingerprint density at radius 1 is 1.11 bits per heavy atom. The fraction of sp³-hybridized carbons (Fsp3) is 1.00. The van der Waals surface area contributed by atoms with Gasteiger partial charge in [-0.3, -0.25) is 0 Å². The number of aliphatic hydroxyl groups excluding tert-OH is 1. The standard InChI is InChI=1S/C16H32O2/c1-6-16(7-2,18-8-3)15(17)14-10-9-12(4)13(5)11-14/h12-15,17H,6-11H2,1-5H3. The molecule has 1 aliphatic rings. The van der Waals surface area contributed by atoms with Crippen molar-refractivity contribution in [2.75, 3.05) is 6.61 Å². The molecular weight excluding hydrogens is 224 g/mol. The minimum atomic E-state index is -0.320. The maximum atomic E-state index is 10.8. The summed E-state index contributed by atoms with van der Waals surface area (Å²) < 4.78 is 5.96. The molecule has 0 heterocycles. The molecule has 0 radical (unpaired) electrons. The molecule has 0 amide bonds. The summed E-state index contributed by atoms with van der Waals surface area (Å²) in [6.45, 7) is 11.6. The van der Waals surface area contributed by atoms with Gasteiger partial charge in [0.15, 0.2) is 0 Å². The van der Waals surface area contributed by atoms with E-state index in [1.807, 2.05) is 6.92 Å². The number of rotatable bonds is 6. The first-order chi connectivity index (χ1) is 8.50. The smallest absolute Gasteiger partial charge is 0.0937 e. The topological polar surface area (TPSA) is 29.5 Å². The van der Waals surface area contributed by atoms with Gasteiger partial charge in [0.2, 0.25) is 0 Å². The van der Waals surface area contributed by atoms with Crippen LogP contribution in [-0.2, 0) is 4.74 Å². The van der Waals surface area contributed by atoms with Crippen LogP contribution in [0.5, 0.6) is 0 Å². The Kier molecular flexibility index (Phi) is 6.13. The zero-order valence-corrected chi connectivity index (χ0v) is 12.9. The van der Waals surface area contributed by atoms with Gasteiger partial charge < -0.3 is 9.84 Å². The van der Waals surface area contributed by atoms with E-state index in [9.17, 15) is 5.11 Å². The third-order valence-electron chi connectivity index (χ3n) is 5.25. The largest absolute Gasteiger partial charge is 0.390 e. The Morgan fingerprint density at radius 2 is 1.72 bits per heavy atom. The van der Waals surface area contributed by atoms with Crippen LogP contribution in [0.2, 0.25) is 0 Å². The lowest BCUT2D eigenvalue weighted by atomic mass is 9.70. The van der Waals surface area contributed by atoms with Crippen LogP contribution in [0.1, 0.15) is 66.7 Å². The van der Waals surface area contributed by atoms with Gasteiger partial charge in [-0.15, -0.1) is 0 Å². The Labute approximate surface area is 113 Å². The molecule has 2 nitrogen and oxygen atoms in total. The molecule has 0 aromatic rings. The van der Waals surface area contributed by atoms with E-state index in [-0.39, 0.29) is 11.7 Å². The van der Waals surface area contributed by atoms with Crippen molar-refractivity contribution in [1.82, 2.24) is 0 Å². The molecule has 0 saturated heterocycles. The minimum absolute atomic E-state index is 0.303. The molecule has 1 fully saturated rings. The highest BCUT2D eigenvalue weighted by Gasteiger charge is 2.42. The zero-order chi connectivity index (χ0) is 13.8. The van der Waals surface area contributed by atoms with Crippen LogP contribution in [0.4, 0.5) is 0 Å². The predicted octanol–water partition coefficient (Wildman–Crippen LogP) is 4.01. The van der Waals surface area contributed by atoms with Gasteiger partial charge in [0, 0.05) is 6.61 Å². The van der Waals surface area contributed by atoms with Crippen molar-refractivity contribution in [2.45, 2.75) is 78.4 Å². The average Bonchev–Trinajstić information content (AvgIpc) is 2.38. The van der Waals surface area contributed by atoms with Crippen LogP contribution >= 0.6 is 0 Å². The van der Waals surface area contributed by atoms with E-state index in [1.165, 1.54) is 6.42 Å². The Hall–Kier alpha value is -0.0800. The summed E-state index contributed by atoms with van der Waals surface area (Å²) in [7, 11) is 0. The first kappa shape index (κ1) is 16.0. The monoisotopic (exact) mass is 256 g/mol. The van der Waals surface area contributed by atoms with Crippen molar-refractivity contribution in [2.24, 2.45) is 17.8 Å². The number of hydrogen-bond donors (Lipinski definition) is 1. The van der Waals surface area contributed by atoms with Gasteiger partial charge in [0.05, 0.1) is 11.7 Å². The second-order valence-corrected chi connectivity index (χ2v) is 6.18. The fourth-order valence-corrected chi connectivity index (χ4v) is 3.55. The first-order valence-corrected chi connectivity index (χ1v) is 7.82. The average molecular weight is 256 g/mol. The van der Waals surface area contributed by atoms with Crippen molar-refractivity contribution in [3.8, 4) is 0 Å². The lowest BCUT2D eigenvalue weighted by Gasteiger charge is -2.43. The lowest BCUT2D eigenvalue weighted by molar-refractivity contribution is -0.151. The number of hydrogen-bond acceptors (Lipinski definition) is 2. The van der Waals surface area contributed by atoms with Crippen molar-refractivity contribution in [3.63, 3.8) is 0 Å². The van der Waals surface area contributed by atoms with Crippen LogP contribution in [0.15, 0.2) is 0 Å². The van der Waals surface area contributed by atoms with Crippen LogP contribution in [-0.4, -0.2) is 23.4 Å². The molecule has 0 spiro atoms. The van der Waals surface area contributed by atoms with E-state index >= 15 is 0 Å². The van der Waals surface area contributed by atoms with E-state index in [2.05, 4.69) is 27.7 Å². The molecule has 2 heteroatoms. The maximum absolute atomic E-state index is 10.8. The highest BCUT2D eigenvalue weighted by atomic mass is 16.5. The van der Waals surface area contributed by atoms with Gasteiger partial charge in [-0.25, -0.2) is 0 Å². The molecular formula is C16H32O2. The van der Waals surface area contributed by atoms with E-state index < -0.39 is 0 Å². The molecule has 18 heavy (non-hydrogen) atoms. The zero-order valence-electron chi connectivity index (χ0n) is 12.9.